The maximum atomic E-state index is 5.86. The molecule has 0 radical (unpaired) electrons. The molecule has 2 bridgehead atoms. The number of aromatic nitrogens is 4. The van der Waals surface area contributed by atoms with Crippen LogP contribution in [0.1, 0.15) is 25.3 Å². The lowest BCUT2D eigenvalue weighted by Crippen LogP contribution is -2.26. The van der Waals surface area contributed by atoms with Crippen molar-refractivity contribution in [3.05, 3.63) is 5.28 Å². The SMILES string of the molecule is Clc1nnnn1C1CC2CCC1N2. The Labute approximate surface area is 80.4 Å². The maximum absolute atomic E-state index is 5.86. The zero-order valence-corrected chi connectivity index (χ0v) is 7.78. The largest absolute Gasteiger partial charge is 0.309 e. The molecule has 6 heteroatoms. The van der Waals surface area contributed by atoms with Crippen LogP contribution in [0.4, 0.5) is 0 Å². The summed E-state index contributed by atoms with van der Waals surface area (Å²) in [6.45, 7) is 0. The highest BCUT2D eigenvalue weighted by Gasteiger charge is 2.41. The smallest absolute Gasteiger partial charge is 0.243 e. The van der Waals surface area contributed by atoms with E-state index in [-0.39, 0.29) is 0 Å². The number of halogens is 1. The molecule has 3 rings (SSSR count). The van der Waals surface area contributed by atoms with E-state index in [1.54, 1.807) is 4.68 Å². The topological polar surface area (TPSA) is 55.6 Å². The number of fused-ring (bicyclic) bond motifs is 2. The first kappa shape index (κ1) is 7.70. The number of hydrogen-bond donors (Lipinski definition) is 1. The summed E-state index contributed by atoms with van der Waals surface area (Å²) >= 11 is 5.86. The number of nitrogens with zero attached hydrogens (tertiary/aromatic N) is 4. The third-order valence-corrected chi connectivity index (χ3v) is 3.28. The normalized spacial score (nSPS) is 37.2. The number of rotatable bonds is 1. The van der Waals surface area contributed by atoms with E-state index in [4.69, 9.17) is 11.6 Å². The Morgan fingerprint density at radius 2 is 2.38 bits per heavy atom. The number of nitrogens with one attached hydrogen (secondary N) is 1. The van der Waals surface area contributed by atoms with Gasteiger partial charge >= 0.3 is 0 Å². The van der Waals surface area contributed by atoms with Gasteiger partial charge in [0.1, 0.15) is 0 Å². The van der Waals surface area contributed by atoms with Crippen LogP contribution in [-0.2, 0) is 0 Å². The van der Waals surface area contributed by atoms with Crippen molar-refractivity contribution in [2.75, 3.05) is 0 Å². The summed E-state index contributed by atoms with van der Waals surface area (Å²) in [6.07, 6.45) is 3.60. The predicted molar refractivity (Wildman–Crippen MR) is 46.4 cm³/mol. The highest BCUT2D eigenvalue weighted by molar-refractivity contribution is 6.28. The second-order valence-corrected chi connectivity index (χ2v) is 4.08. The third kappa shape index (κ3) is 1.07. The van der Waals surface area contributed by atoms with Crippen LogP contribution in [0.5, 0.6) is 0 Å². The van der Waals surface area contributed by atoms with Gasteiger partial charge in [0, 0.05) is 12.1 Å². The summed E-state index contributed by atoms with van der Waals surface area (Å²) in [5.74, 6) is 0. The molecule has 3 unspecified atom stereocenters. The molecule has 2 fully saturated rings. The summed E-state index contributed by atoms with van der Waals surface area (Å²) in [7, 11) is 0. The van der Waals surface area contributed by atoms with E-state index in [0.717, 1.165) is 6.42 Å². The minimum absolute atomic E-state index is 0.362. The van der Waals surface area contributed by atoms with Crippen molar-refractivity contribution in [1.29, 1.82) is 0 Å². The molecule has 2 aliphatic heterocycles. The van der Waals surface area contributed by atoms with Crippen LogP contribution in [0.15, 0.2) is 0 Å². The molecule has 0 spiro atoms. The second kappa shape index (κ2) is 2.65. The van der Waals surface area contributed by atoms with Gasteiger partial charge in [0.25, 0.3) is 0 Å². The van der Waals surface area contributed by atoms with E-state index in [1.165, 1.54) is 12.8 Å². The van der Waals surface area contributed by atoms with Gasteiger partial charge in [-0.2, -0.15) is 0 Å². The van der Waals surface area contributed by atoms with Gasteiger partial charge < -0.3 is 5.32 Å². The maximum Gasteiger partial charge on any atom is 0.243 e. The van der Waals surface area contributed by atoms with E-state index >= 15 is 0 Å². The molecule has 3 heterocycles. The fourth-order valence-electron chi connectivity index (χ4n) is 2.45. The molecule has 70 valence electrons. The number of tetrazole rings is 1. The molecule has 5 nitrogen and oxygen atoms in total. The van der Waals surface area contributed by atoms with Crippen molar-refractivity contribution < 1.29 is 0 Å². The highest BCUT2D eigenvalue weighted by Crippen LogP contribution is 2.36. The van der Waals surface area contributed by atoms with Crippen molar-refractivity contribution in [2.24, 2.45) is 0 Å². The van der Waals surface area contributed by atoms with E-state index in [1.807, 2.05) is 0 Å². The standard InChI is InChI=1S/C7H10ClN5/c8-7-10-11-12-13(7)6-3-4-1-2-5(6)9-4/h4-6,9H,1-3H2. The van der Waals surface area contributed by atoms with Gasteiger partial charge in [-0.15, -0.1) is 0 Å². The zero-order valence-electron chi connectivity index (χ0n) is 7.02. The Morgan fingerprint density at radius 1 is 1.46 bits per heavy atom. The van der Waals surface area contributed by atoms with Gasteiger partial charge in [-0.1, -0.05) is 5.10 Å². The zero-order chi connectivity index (χ0) is 8.84. The first-order valence-electron chi connectivity index (χ1n) is 4.54. The van der Waals surface area contributed by atoms with Gasteiger partial charge in [-0.05, 0) is 41.3 Å². The Bertz CT molecular complexity index is 324. The van der Waals surface area contributed by atoms with Crippen molar-refractivity contribution in [2.45, 2.75) is 37.4 Å². The van der Waals surface area contributed by atoms with Crippen molar-refractivity contribution in [3.8, 4) is 0 Å². The molecular weight excluding hydrogens is 190 g/mol. The molecule has 2 aliphatic rings. The van der Waals surface area contributed by atoms with Crippen LogP contribution in [0.2, 0.25) is 5.28 Å². The molecule has 0 aromatic carbocycles. The molecule has 1 aromatic rings. The quantitative estimate of drug-likeness (QED) is 0.711. The average Bonchev–Trinajstić information content (AvgIpc) is 2.77. The van der Waals surface area contributed by atoms with Gasteiger partial charge in [-0.25, -0.2) is 4.68 Å². The monoisotopic (exact) mass is 199 g/mol. The Morgan fingerprint density at radius 3 is 2.92 bits per heavy atom. The van der Waals surface area contributed by atoms with Crippen LogP contribution in [0, 0.1) is 0 Å². The molecule has 13 heavy (non-hydrogen) atoms. The minimum atomic E-state index is 0.362. The molecular formula is C7H10ClN5. The van der Waals surface area contributed by atoms with Gasteiger partial charge in [0.2, 0.25) is 5.28 Å². The third-order valence-electron chi connectivity index (χ3n) is 3.03. The molecule has 0 saturated carbocycles. The first-order chi connectivity index (χ1) is 6.34. The molecule has 2 saturated heterocycles. The highest BCUT2D eigenvalue weighted by atomic mass is 35.5. The molecule has 1 N–H and O–H groups in total. The van der Waals surface area contributed by atoms with E-state index in [2.05, 4.69) is 20.8 Å². The molecule has 0 aliphatic carbocycles. The van der Waals surface area contributed by atoms with Crippen LogP contribution in [0.25, 0.3) is 0 Å². The summed E-state index contributed by atoms with van der Waals surface area (Å²) in [5, 5.41) is 15.1. The molecule has 3 atom stereocenters. The van der Waals surface area contributed by atoms with Crippen LogP contribution in [0.3, 0.4) is 0 Å². The number of hydrogen-bond acceptors (Lipinski definition) is 4. The van der Waals surface area contributed by atoms with Crippen LogP contribution in [-0.4, -0.2) is 32.3 Å². The van der Waals surface area contributed by atoms with Gasteiger partial charge in [-0.3, -0.25) is 0 Å². The molecule has 1 aromatic heterocycles. The van der Waals surface area contributed by atoms with E-state index in [9.17, 15) is 0 Å². The average molecular weight is 200 g/mol. The lowest BCUT2D eigenvalue weighted by molar-refractivity contribution is 0.361. The fourth-order valence-corrected chi connectivity index (χ4v) is 2.64. The van der Waals surface area contributed by atoms with E-state index < -0.39 is 0 Å². The Kier molecular flexibility index (Phi) is 1.57. The van der Waals surface area contributed by atoms with Crippen molar-refractivity contribution >= 4 is 11.6 Å². The van der Waals surface area contributed by atoms with Gasteiger partial charge in [0.15, 0.2) is 0 Å². The minimum Gasteiger partial charge on any atom is -0.309 e. The van der Waals surface area contributed by atoms with Crippen LogP contribution < -0.4 is 5.32 Å². The fraction of sp³-hybridized carbons (Fsp3) is 0.857. The molecule has 0 amide bonds. The second-order valence-electron chi connectivity index (χ2n) is 3.74. The predicted octanol–water partition coefficient (Wildman–Crippen LogP) is 0.392. The summed E-state index contributed by atoms with van der Waals surface area (Å²) in [6, 6.07) is 1.53. The summed E-state index contributed by atoms with van der Waals surface area (Å²) < 4.78 is 1.73. The van der Waals surface area contributed by atoms with Crippen LogP contribution >= 0.6 is 11.6 Å². The summed E-state index contributed by atoms with van der Waals surface area (Å²) in [5.41, 5.74) is 0. The van der Waals surface area contributed by atoms with Crippen molar-refractivity contribution in [1.82, 2.24) is 25.5 Å². The first-order valence-corrected chi connectivity index (χ1v) is 4.92. The Balaban J connectivity index is 1.91. The van der Waals surface area contributed by atoms with Gasteiger partial charge in [0.05, 0.1) is 6.04 Å². The van der Waals surface area contributed by atoms with Crippen molar-refractivity contribution in [3.63, 3.8) is 0 Å². The lowest BCUT2D eigenvalue weighted by atomic mass is 9.96. The Hall–Kier alpha value is -0.680. The summed E-state index contributed by atoms with van der Waals surface area (Å²) in [4.78, 5) is 0. The lowest BCUT2D eigenvalue weighted by Gasteiger charge is -2.19. The van der Waals surface area contributed by atoms with E-state index in [0.29, 0.717) is 23.4 Å².